The number of aromatic nitrogens is 2. The second-order valence-electron chi connectivity index (χ2n) is 5.11. The lowest BCUT2D eigenvalue weighted by molar-refractivity contribution is -0.135. The molecule has 1 aromatic carbocycles. The topological polar surface area (TPSA) is 102 Å². The highest BCUT2D eigenvalue weighted by Crippen LogP contribution is 2.31. The minimum Gasteiger partial charge on any atom is -0.485 e. The Bertz CT molecular complexity index is 811. The summed E-state index contributed by atoms with van der Waals surface area (Å²) >= 11 is 2.53. The van der Waals surface area contributed by atoms with Crippen LogP contribution in [0.2, 0.25) is 0 Å². The summed E-state index contributed by atoms with van der Waals surface area (Å²) in [4.78, 5) is 24.1. The molecule has 0 radical (unpaired) electrons. The molecule has 2 N–H and O–H groups in total. The molecule has 136 valence electrons. The van der Waals surface area contributed by atoms with Gasteiger partial charge in [-0.1, -0.05) is 41.3 Å². The van der Waals surface area contributed by atoms with E-state index in [0.29, 0.717) is 27.5 Å². The Labute approximate surface area is 158 Å². The molecular formula is C16H16N4O4S2. The van der Waals surface area contributed by atoms with Gasteiger partial charge in [0.05, 0.1) is 5.75 Å². The smallest absolute Gasteiger partial charge is 0.271 e. The van der Waals surface area contributed by atoms with Gasteiger partial charge in [-0.15, -0.1) is 16.8 Å². The van der Waals surface area contributed by atoms with Crippen LogP contribution in [0.5, 0.6) is 11.5 Å². The van der Waals surface area contributed by atoms with Gasteiger partial charge in [0.25, 0.3) is 5.91 Å². The Morgan fingerprint density at radius 2 is 2.15 bits per heavy atom. The number of ether oxygens (including phenoxy) is 2. The van der Waals surface area contributed by atoms with Crippen molar-refractivity contribution in [1.29, 1.82) is 0 Å². The molecular weight excluding hydrogens is 376 g/mol. The molecule has 0 bridgehead atoms. The Morgan fingerprint density at radius 1 is 1.35 bits per heavy atom. The van der Waals surface area contributed by atoms with Crippen molar-refractivity contribution < 1.29 is 19.1 Å². The fourth-order valence-electron chi connectivity index (χ4n) is 2.03. The summed E-state index contributed by atoms with van der Waals surface area (Å²) in [6.45, 7) is 4.24. The number of thioether (sulfide) groups is 1. The second kappa shape index (κ2) is 8.68. The number of nitrogens with zero attached hydrogens (tertiary/aromatic N) is 2. The van der Waals surface area contributed by atoms with Crippen molar-refractivity contribution in [2.75, 3.05) is 24.2 Å². The first-order valence-corrected chi connectivity index (χ1v) is 9.49. The first kappa shape index (κ1) is 18.2. The zero-order valence-corrected chi connectivity index (χ0v) is 15.3. The Hall–Kier alpha value is -2.59. The molecule has 0 unspecified atom stereocenters. The number of para-hydroxylation sites is 2. The van der Waals surface area contributed by atoms with E-state index >= 15 is 0 Å². The highest BCUT2D eigenvalue weighted by molar-refractivity contribution is 8.01. The number of imide groups is 1. The number of benzene rings is 1. The van der Waals surface area contributed by atoms with Crippen molar-refractivity contribution in [3.8, 4) is 11.5 Å². The summed E-state index contributed by atoms with van der Waals surface area (Å²) in [5.41, 5.74) is 0. The molecule has 1 aliphatic heterocycles. The van der Waals surface area contributed by atoms with Gasteiger partial charge < -0.3 is 14.8 Å². The maximum Gasteiger partial charge on any atom is 0.271 e. The van der Waals surface area contributed by atoms with Gasteiger partial charge in [-0.05, 0) is 12.1 Å². The number of nitrogens with one attached hydrogen (secondary N) is 2. The molecule has 0 saturated carbocycles. The molecule has 0 saturated heterocycles. The van der Waals surface area contributed by atoms with Crippen molar-refractivity contribution in [1.82, 2.24) is 15.5 Å². The molecule has 0 aliphatic carbocycles. The zero-order valence-electron chi connectivity index (χ0n) is 13.6. The molecule has 2 heterocycles. The lowest BCUT2D eigenvalue weighted by Gasteiger charge is -2.25. The fraction of sp³-hybridized carbons (Fsp3) is 0.250. The van der Waals surface area contributed by atoms with E-state index in [1.54, 1.807) is 24.3 Å². The Morgan fingerprint density at radius 3 is 2.96 bits per heavy atom. The quantitative estimate of drug-likeness (QED) is 0.542. The number of amides is 2. The van der Waals surface area contributed by atoms with Crippen LogP contribution in [0.15, 0.2) is 41.3 Å². The molecule has 3 rings (SSSR count). The molecule has 26 heavy (non-hydrogen) atoms. The predicted molar refractivity (Wildman–Crippen MR) is 98.8 cm³/mol. The Kier molecular flexibility index (Phi) is 6.08. The maximum absolute atomic E-state index is 12.2. The van der Waals surface area contributed by atoms with Crippen LogP contribution in [0, 0.1) is 0 Å². The van der Waals surface area contributed by atoms with Crippen LogP contribution in [0.25, 0.3) is 0 Å². The first-order chi connectivity index (χ1) is 12.7. The van der Waals surface area contributed by atoms with Gasteiger partial charge in [-0.3, -0.25) is 14.9 Å². The van der Waals surface area contributed by atoms with Crippen LogP contribution in [0.4, 0.5) is 5.13 Å². The van der Waals surface area contributed by atoms with E-state index < -0.39 is 17.9 Å². The van der Waals surface area contributed by atoms with E-state index in [0.717, 1.165) is 0 Å². The first-order valence-electron chi connectivity index (χ1n) is 7.69. The summed E-state index contributed by atoms with van der Waals surface area (Å²) in [6, 6.07) is 7.06. The lowest BCUT2D eigenvalue weighted by Crippen LogP contribution is -2.46. The average molecular weight is 392 g/mol. The molecule has 1 aliphatic rings. The van der Waals surface area contributed by atoms with E-state index in [2.05, 4.69) is 27.4 Å². The van der Waals surface area contributed by atoms with Crippen molar-refractivity contribution in [3.63, 3.8) is 0 Å². The van der Waals surface area contributed by atoms with Crippen LogP contribution < -0.4 is 20.1 Å². The fourth-order valence-corrected chi connectivity index (χ4v) is 3.59. The summed E-state index contributed by atoms with van der Waals surface area (Å²) < 4.78 is 11.7. The van der Waals surface area contributed by atoms with Gasteiger partial charge in [0.1, 0.15) is 6.61 Å². The minimum atomic E-state index is -0.866. The van der Waals surface area contributed by atoms with Crippen molar-refractivity contribution in [3.05, 3.63) is 36.9 Å². The Balaban J connectivity index is 1.45. The van der Waals surface area contributed by atoms with Crippen molar-refractivity contribution in [2.24, 2.45) is 0 Å². The maximum atomic E-state index is 12.2. The summed E-state index contributed by atoms with van der Waals surface area (Å²) in [7, 11) is 0. The number of hydrogen-bond donors (Lipinski definition) is 2. The van der Waals surface area contributed by atoms with Crippen molar-refractivity contribution in [2.45, 2.75) is 10.4 Å². The van der Waals surface area contributed by atoms with Crippen LogP contribution in [0.3, 0.4) is 0 Å². The summed E-state index contributed by atoms with van der Waals surface area (Å²) in [5.74, 6) is 0.144. The average Bonchev–Trinajstić information content (AvgIpc) is 3.12. The van der Waals surface area contributed by atoms with E-state index in [4.69, 9.17) is 9.47 Å². The number of rotatable bonds is 7. The van der Waals surface area contributed by atoms with Crippen molar-refractivity contribution >= 4 is 40.0 Å². The van der Waals surface area contributed by atoms with Gasteiger partial charge >= 0.3 is 0 Å². The van der Waals surface area contributed by atoms with Gasteiger partial charge in [-0.25, -0.2) is 0 Å². The lowest BCUT2D eigenvalue weighted by atomic mass is 10.2. The highest BCUT2D eigenvalue weighted by Gasteiger charge is 2.28. The molecule has 10 heteroatoms. The van der Waals surface area contributed by atoms with Crippen LogP contribution in [-0.4, -0.2) is 47.0 Å². The third-order valence-corrected chi connectivity index (χ3v) is 5.21. The molecule has 1 aromatic heterocycles. The third-order valence-electron chi connectivity index (χ3n) is 3.19. The normalized spacial score (nSPS) is 15.2. The number of fused-ring (bicyclic) bond motifs is 1. The minimum absolute atomic E-state index is 0.0476. The van der Waals surface area contributed by atoms with E-state index in [9.17, 15) is 9.59 Å². The SMILES string of the molecule is C=CCNc1nnc(SCC(=O)NC(=O)[C@@H]2COc3ccccc3O2)s1. The largest absolute Gasteiger partial charge is 0.485 e. The second-order valence-corrected chi connectivity index (χ2v) is 7.31. The van der Waals surface area contributed by atoms with E-state index in [1.807, 2.05) is 6.07 Å². The van der Waals surface area contributed by atoms with Crippen LogP contribution >= 0.6 is 23.1 Å². The van der Waals surface area contributed by atoms with Gasteiger partial charge in [0.15, 0.2) is 15.8 Å². The molecule has 1 atom stereocenters. The number of hydrogen-bond acceptors (Lipinski definition) is 9. The third kappa shape index (κ3) is 4.73. The molecule has 2 amide bonds. The van der Waals surface area contributed by atoms with E-state index in [-0.39, 0.29) is 12.4 Å². The van der Waals surface area contributed by atoms with Gasteiger partial charge in [0.2, 0.25) is 17.1 Å². The van der Waals surface area contributed by atoms with E-state index in [1.165, 1.54) is 23.1 Å². The summed E-state index contributed by atoms with van der Waals surface area (Å²) in [6.07, 6.45) is 0.845. The highest BCUT2D eigenvalue weighted by atomic mass is 32.2. The number of carbonyl (C=O) groups excluding carboxylic acids is 2. The van der Waals surface area contributed by atoms with Crippen LogP contribution in [-0.2, 0) is 9.59 Å². The number of anilines is 1. The van der Waals surface area contributed by atoms with Gasteiger partial charge in [0, 0.05) is 6.54 Å². The predicted octanol–water partition coefficient (Wildman–Crippen LogP) is 1.71. The van der Waals surface area contributed by atoms with Crippen LogP contribution in [0.1, 0.15) is 0 Å². The standard InChI is InChI=1S/C16H16N4O4S2/c1-2-7-17-15-19-20-16(26-15)25-9-13(21)18-14(22)12-8-23-10-5-3-4-6-11(10)24-12/h2-6,12H,1,7-9H2,(H,17,19)(H,18,21,22)/t12-/m0/s1. The molecule has 0 spiro atoms. The molecule has 0 fully saturated rings. The molecule has 2 aromatic rings. The number of carbonyl (C=O) groups is 2. The zero-order chi connectivity index (χ0) is 18.4. The van der Waals surface area contributed by atoms with Gasteiger partial charge in [-0.2, -0.15) is 0 Å². The summed E-state index contributed by atoms with van der Waals surface area (Å²) in [5, 5.41) is 13.9. The molecule has 8 nitrogen and oxygen atoms in total. The monoisotopic (exact) mass is 392 g/mol.